The molecule has 0 radical (unpaired) electrons. The van der Waals surface area contributed by atoms with Crippen molar-refractivity contribution in [1.29, 1.82) is 0 Å². The van der Waals surface area contributed by atoms with Crippen LogP contribution in [0.15, 0.2) is 18.2 Å². The Morgan fingerprint density at radius 1 is 1.11 bits per heavy atom. The summed E-state index contributed by atoms with van der Waals surface area (Å²) in [6.45, 7) is 3.35. The lowest BCUT2D eigenvalue weighted by Crippen LogP contribution is -2.02. The van der Waals surface area contributed by atoms with Gasteiger partial charge in [-0.15, -0.1) is 0 Å². The Kier molecular flexibility index (Phi) is 6.54. The van der Waals surface area contributed by atoms with Gasteiger partial charge in [0, 0.05) is 19.3 Å². The van der Waals surface area contributed by atoms with Gasteiger partial charge in [0.1, 0.15) is 11.5 Å². The Labute approximate surface area is 108 Å². The molecule has 0 heterocycles. The molecule has 0 saturated carbocycles. The van der Waals surface area contributed by atoms with Crippen molar-refractivity contribution in [2.24, 2.45) is 0 Å². The van der Waals surface area contributed by atoms with Crippen LogP contribution in [0.2, 0.25) is 0 Å². The molecule has 1 atom stereocenters. The summed E-state index contributed by atoms with van der Waals surface area (Å²) < 4.78 is 15.6. The van der Waals surface area contributed by atoms with E-state index in [9.17, 15) is 5.11 Å². The van der Waals surface area contributed by atoms with Gasteiger partial charge in [0.25, 0.3) is 0 Å². The van der Waals surface area contributed by atoms with Crippen LogP contribution >= 0.6 is 0 Å². The molecule has 0 bridgehead atoms. The number of rotatable bonds is 8. The van der Waals surface area contributed by atoms with Crippen LogP contribution in [-0.2, 0) is 4.74 Å². The minimum absolute atomic E-state index is 0.519. The summed E-state index contributed by atoms with van der Waals surface area (Å²) in [4.78, 5) is 0. The summed E-state index contributed by atoms with van der Waals surface area (Å²) in [7, 11) is 3.19. The number of methoxy groups -OCH3 is 2. The summed E-state index contributed by atoms with van der Waals surface area (Å²) in [6, 6.07) is 5.44. The monoisotopic (exact) mass is 254 g/mol. The largest absolute Gasteiger partial charge is 0.497 e. The smallest absolute Gasteiger partial charge is 0.122 e. The zero-order valence-electron chi connectivity index (χ0n) is 11.3. The molecule has 1 N–H and O–H groups in total. The van der Waals surface area contributed by atoms with Gasteiger partial charge < -0.3 is 19.3 Å². The molecule has 0 aromatic heterocycles. The fourth-order valence-electron chi connectivity index (χ4n) is 1.71. The number of hydrogen-bond acceptors (Lipinski definition) is 4. The highest BCUT2D eigenvalue weighted by molar-refractivity contribution is 5.39. The first-order chi connectivity index (χ1) is 8.71. The van der Waals surface area contributed by atoms with Crippen molar-refractivity contribution >= 4 is 0 Å². The van der Waals surface area contributed by atoms with Gasteiger partial charge >= 0.3 is 0 Å². The highest BCUT2D eigenvalue weighted by Crippen LogP contribution is 2.28. The molecule has 1 aromatic rings. The molecule has 0 aliphatic rings. The Morgan fingerprint density at radius 3 is 2.22 bits per heavy atom. The first kappa shape index (κ1) is 14.8. The Hall–Kier alpha value is -1.26. The number of aliphatic hydroxyl groups excluding tert-OH is 1. The van der Waals surface area contributed by atoms with Gasteiger partial charge in [0.15, 0.2) is 0 Å². The van der Waals surface area contributed by atoms with Crippen molar-refractivity contribution in [3.8, 4) is 11.5 Å². The fourth-order valence-corrected chi connectivity index (χ4v) is 1.71. The zero-order chi connectivity index (χ0) is 13.4. The third-order valence-electron chi connectivity index (χ3n) is 2.73. The summed E-state index contributed by atoms with van der Waals surface area (Å²) >= 11 is 0. The van der Waals surface area contributed by atoms with E-state index in [-0.39, 0.29) is 0 Å². The molecule has 0 aliphatic carbocycles. The van der Waals surface area contributed by atoms with Gasteiger partial charge in [0.2, 0.25) is 0 Å². The molecule has 4 heteroatoms. The minimum atomic E-state index is -0.519. The number of hydrogen-bond donors (Lipinski definition) is 1. The van der Waals surface area contributed by atoms with E-state index in [0.717, 1.165) is 12.0 Å². The van der Waals surface area contributed by atoms with Crippen LogP contribution in [0.25, 0.3) is 0 Å². The van der Waals surface area contributed by atoms with Crippen LogP contribution in [0.4, 0.5) is 0 Å². The van der Waals surface area contributed by atoms with Gasteiger partial charge in [-0.05, 0) is 37.5 Å². The molecule has 0 spiro atoms. The Bertz CT molecular complexity index is 329. The lowest BCUT2D eigenvalue weighted by atomic mass is 10.0. The van der Waals surface area contributed by atoms with Gasteiger partial charge in [-0.1, -0.05) is 0 Å². The number of ether oxygens (including phenoxy) is 3. The van der Waals surface area contributed by atoms with Crippen molar-refractivity contribution < 1.29 is 19.3 Å². The van der Waals surface area contributed by atoms with Crippen LogP contribution in [-0.4, -0.2) is 32.5 Å². The highest BCUT2D eigenvalue weighted by atomic mass is 16.5. The van der Waals surface area contributed by atoms with Crippen LogP contribution in [0.1, 0.15) is 31.4 Å². The topological polar surface area (TPSA) is 47.9 Å². The van der Waals surface area contributed by atoms with Crippen LogP contribution in [0.3, 0.4) is 0 Å². The van der Waals surface area contributed by atoms with E-state index < -0.39 is 6.10 Å². The van der Waals surface area contributed by atoms with Crippen molar-refractivity contribution in [2.75, 3.05) is 27.4 Å². The molecule has 0 saturated heterocycles. The maximum atomic E-state index is 10.1. The molecule has 0 aliphatic heterocycles. The SMILES string of the molecule is CCOCCCC(O)c1cc(OC)cc(OC)c1. The predicted octanol–water partition coefficient (Wildman–Crippen LogP) is 2.55. The maximum Gasteiger partial charge on any atom is 0.122 e. The van der Waals surface area contributed by atoms with E-state index in [1.54, 1.807) is 20.3 Å². The molecule has 4 nitrogen and oxygen atoms in total. The maximum absolute atomic E-state index is 10.1. The quantitative estimate of drug-likeness (QED) is 0.724. The van der Waals surface area contributed by atoms with E-state index in [2.05, 4.69) is 0 Å². The van der Waals surface area contributed by atoms with Gasteiger partial charge in [-0.2, -0.15) is 0 Å². The van der Waals surface area contributed by atoms with Crippen LogP contribution < -0.4 is 9.47 Å². The Morgan fingerprint density at radius 2 is 1.72 bits per heavy atom. The summed E-state index contributed by atoms with van der Waals surface area (Å²) in [5.74, 6) is 1.38. The minimum Gasteiger partial charge on any atom is -0.497 e. The molecule has 1 unspecified atom stereocenters. The number of benzene rings is 1. The standard InChI is InChI=1S/C14H22O4/c1-4-18-7-5-6-14(15)11-8-12(16-2)10-13(9-11)17-3/h8-10,14-15H,4-7H2,1-3H3. The van der Waals surface area contributed by atoms with E-state index >= 15 is 0 Å². The first-order valence-corrected chi connectivity index (χ1v) is 6.20. The molecule has 1 aromatic carbocycles. The van der Waals surface area contributed by atoms with Crippen LogP contribution in [0, 0.1) is 0 Å². The van der Waals surface area contributed by atoms with Gasteiger partial charge in [-0.3, -0.25) is 0 Å². The third kappa shape index (κ3) is 4.55. The molecular weight excluding hydrogens is 232 g/mol. The fraction of sp³-hybridized carbons (Fsp3) is 0.571. The summed E-state index contributed by atoms with van der Waals surface area (Å²) in [6.07, 6.45) is 0.972. The molecule has 0 amide bonds. The van der Waals surface area contributed by atoms with Crippen LogP contribution in [0.5, 0.6) is 11.5 Å². The average Bonchev–Trinajstić information content (AvgIpc) is 2.42. The second-order valence-corrected chi connectivity index (χ2v) is 4.00. The third-order valence-corrected chi connectivity index (χ3v) is 2.73. The van der Waals surface area contributed by atoms with Gasteiger partial charge in [-0.25, -0.2) is 0 Å². The second-order valence-electron chi connectivity index (χ2n) is 4.00. The molecule has 0 fully saturated rings. The zero-order valence-corrected chi connectivity index (χ0v) is 11.3. The van der Waals surface area contributed by atoms with E-state index in [4.69, 9.17) is 14.2 Å². The van der Waals surface area contributed by atoms with E-state index in [1.165, 1.54) is 0 Å². The summed E-state index contributed by atoms with van der Waals surface area (Å²) in [5.41, 5.74) is 0.808. The second kappa shape index (κ2) is 7.95. The molecule has 102 valence electrons. The summed E-state index contributed by atoms with van der Waals surface area (Å²) in [5, 5.41) is 10.1. The van der Waals surface area contributed by atoms with Crippen molar-refractivity contribution in [2.45, 2.75) is 25.9 Å². The van der Waals surface area contributed by atoms with Crippen molar-refractivity contribution in [1.82, 2.24) is 0 Å². The lowest BCUT2D eigenvalue weighted by molar-refractivity contribution is 0.114. The lowest BCUT2D eigenvalue weighted by Gasteiger charge is -2.14. The van der Waals surface area contributed by atoms with E-state index in [0.29, 0.717) is 31.1 Å². The molecular formula is C14H22O4. The first-order valence-electron chi connectivity index (χ1n) is 6.20. The van der Waals surface area contributed by atoms with Crippen molar-refractivity contribution in [3.63, 3.8) is 0 Å². The Balaban J connectivity index is 2.63. The normalized spacial score (nSPS) is 12.2. The number of aliphatic hydroxyl groups is 1. The predicted molar refractivity (Wildman–Crippen MR) is 70.2 cm³/mol. The van der Waals surface area contributed by atoms with Gasteiger partial charge in [0.05, 0.1) is 20.3 Å². The molecule has 1 rings (SSSR count). The average molecular weight is 254 g/mol. The highest BCUT2D eigenvalue weighted by Gasteiger charge is 2.10. The van der Waals surface area contributed by atoms with E-state index in [1.807, 2.05) is 19.1 Å². The van der Waals surface area contributed by atoms with Crippen molar-refractivity contribution in [3.05, 3.63) is 23.8 Å². The molecule has 18 heavy (non-hydrogen) atoms.